The lowest BCUT2D eigenvalue weighted by atomic mass is 10.1. The van der Waals surface area contributed by atoms with E-state index in [2.05, 4.69) is 9.97 Å². The first-order valence-electron chi connectivity index (χ1n) is 5.86. The largest absolute Gasteiger partial charge is 0.298 e. The normalized spacial score (nSPS) is 10.7. The van der Waals surface area contributed by atoms with Crippen molar-refractivity contribution < 1.29 is 9.18 Å². The Morgan fingerprint density at radius 3 is 2.45 bits per heavy atom. The molecular weight excluding hydrogens is 279 g/mol. The van der Waals surface area contributed by atoms with E-state index in [1.165, 1.54) is 12.1 Å². The van der Waals surface area contributed by atoms with Gasteiger partial charge in [-0.25, -0.2) is 14.4 Å². The van der Waals surface area contributed by atoms with Gasteiger partial charge in [-0.15, -0.1) is 0 Å². The number of hydrogen-bond acceptors (Lipinski definition) is 3. The fourth-order valence-corrected chi connectivity index (χ4v) is 2.16. The molecule has 5 heteroatoms. The summed E-state index contributed by atoms with van der Waals surface area (Å²) in [5, 5.41) is 0.239. The second-order valence-corrected chi connectivity index (χ2v) is 4.59. The molecule has 0 aliphatic carbocycles. The number of fused-ring (bicyclic) bond motifs is 1. The van der Waals surface area contributed by atoms with Gasteiger partial charge in [-0.05, 0) is 42.5 Å². The lowest BCUT2D eigenvalue weighted by Gasteiger charge is -2.05. The van der Waals surface area contributed by atoms with E-state index in [4.69, 9.17) is 11.6 Å². The number of nitrogens with zero attached hydrogens (tertiary/aromatic N) is 2. The third kappa shape index (κ3) is 2.26. The van der Waals surface area contributed by atoms with Crippen LogP contribution in [0.25, 0.3) is 22.3 Å². The molecule has 0 unspecified atom stereocenters. The van der Waals surface area contributed by atoms with E-state index >= 15 is 0 Å². The van der Waals surface area contributed by atoms with E-state index in [1.54, 1.807) is 30.3 Å². The van der Waals surface area contributed by atoms with E-state index in [0.29, 0.717) is 27.9 Å². The quantitative estimate of drug-likeness (QED) is 0.671. The highest BCUT2D eigenvalue weighted by Crippen LogP contribution is 2.27. The Balaban J connectivity index is 2.22. The topological polar surface area (TPSA) is 42.9 Å². The Labute approximate surface area is 119 Å². The van der Waals surface area contributed by atoms with Crippen LogP contribution < -0.4 is 0 Å². The molecule has 0 atom stereocenters. The average Bonchev–Trinajstić information content (AvgIpc) is 2.47. The summed E-state index contributed by atoms with van der Waals surface area (Å²) in [6, 6.07) is 10.8. The predicted molar refractivity (Wildman–Crippen MR) is 75.3 cm³/mol. The minimum Gasteiger partial charge on any atom is -0.298 e. The maximum atomic E-state index is 12.9. The van der Waals surface area contributed by atoms with Gasteiger partial charge in [-0.2, -0.15) is 0 Å². The molecule has 0 saturated heterocycles. The van der Waals surface area contributed by atoms with E-state index in [9.17, 15) is 9.18 Å². The third-order valence-electron chi connectivity index (χ3n) is 2.90. The summed E-state index contributed by atoms with van der Waals surface area (Å²) in [6.45, 7) is 0. The molecule has 3 nitrogen and oxygen atoms in total. The van der Waals surface area contributed by atoms with Crippen LogP contribution in [0.2, 0.25) is 5.15 Å². The molecule has 2 aromatic carbocycles. The molecule has 3 rings (SSSR count). The first-order valence-corrected chi connectivity index (χ1v) is 6.23. The van der Waals surface area contributed by atoms with Crippen LogP contribution in [0.15, 0.2) is 42.5 Å². The van der Waals surface area contributed by atoms with Crippen LogP contribution in [0, 0.1) is 5.82 Å². The molecule has 1 heterocycles. The molecule has 0 radical (unpaired) electrons. The summed E-state index contributed by atoms with van der Waals surface area (Å²) < 4.78 is 12.9. The van der Waals surface area contributed by atoms with Gasteiger partial charge in [0.15, 0.2) is 5.15 Å². The van der Waals surface area contributed by atoms with Crippen LogP contribution in [0.1, 0.15) is 10.4 Å². The van der Waals surface area contributed by atoms with E-state index in [1.807, 2.05) is 0 Å². The Morgan fingerprint density at radius 2 is 1.75 bits per heavy atom. The van der Waals surface area contributed by atoms with Crippen molar-refractivity contribution in [2.75, 3.05) is 0 Å². The van der Waals surface area contributed by atoms with Gasteiger partial charge in [-0.3, -0.25) is 4.79 Å². The van der Waals surface area contributed by atoms with Crippen molar-refractivity contribution in [3.05, 3.63) is 59.0 Å². The molecule has 0 saturated carbocycles. The summed E-state index contributed by atoms with van der Waals surface area (Å²) in [5.41, 5.74) is 2.81. The minimum absolute atomic E-state index is 0.239. The van der Waals surface area contributed by atoms with Crippen LogP contribution >= 0.6 is 11.6 Å². The van der Waals surface area contributed by atoms with Crippen molar-refractivity contribution in [2.24, 2.45) is 0 Å². The lowest BCUT2D eigenvalue weighted by molar-refractivity contribution is 0.112. The number of aldehydes is 1. The number of benzene rings is 2. The summed E-state index contributed by atoms with van der Waals surface area (Å²) >= 11 is 6.11. The smallest absolute Gasteiger partial charge is 0.156 e. The highest BCUT2D eigenvalue weighted by molar-refractivity contribution is 6.32. The molecule has 0 amide bonds. The molecule has 98 valence electrons. The molecule has 20 heavy (non-hydrogen) atoms. The molecule has 0 aliphatic heterocycles. The zero-order chi connectivity index (χ0) is 14.1. The SMILES string of the molecule is O=Cc1ccc2nc(Cl)c(-c3ccc(F)cc3)nc2c1. The van der Waals surface area contributed by atoms with E-state index in [-0.39, 0.29) is 11.0 Å². The van der Waals surface area contributed by atoms with Crippen LogP contribution in [-0.2, 0) is 0 Å². The number of carbonyl (C=O) groups is 1. The second-order valence-electron chi connectivity index (χ2n) is 4.24. The standard InChI is InChI=1S/C15H8ClFN2O/c16-15-14(10-2-4-11(17)5-3-10)18-13-7-9(8-20)1-6-12(13)19-15/h1-8H. The third-order valence-corrected chi connectivity index (χ3v) is 3.16. The van der Waals surface area contributed by atoms with Crippen molar-refractivity contribution in [1.82, 2.24) is 9.97 Å². The van der Waals surface area contributed by atoms with Crippen molar-refractivity contribution >= 4 is 28.9 Å². The van der Waals surface area contributed by atoms with Gasteiger partial charge in [0.05, 0.1) is 11.0 Å². The van der Waals surface area contributed by atoms with Gasteiger partial charge in [0.1, 0.15) is 17.8 Å². The Kier molecular flexibility index (Phi) is 3.16. The first kappa shape index (κ1) is 12.7. The van der Waals surface area contributed by atoms with Crippen molar-refractivity contribution in [3.8, 4) is 11.3 Å². The summed E-state index contributed by atoms with van der Waals surface area (Å²) in [4.78, 5) is 19.4. The van der Waals surface area contributed by atoms with E-state index in [0.717, 1.165) is 6.29 Å². The molecular formula is C15H8ClFN2O. The molecule has 0 fully saturated rings. The highest BCUT2D eigenvalue weighted by Gasteiger charge is 2.10. The molecule has 0 aliphatic rings. The van der Waals surface area contributed by atoms with Crippen LogP contribution in [0.3, 0.4) is 0 Å². The fraction of sp³-hybridized carbons (Fsp3) is 0. The summed E-state index contributed by atoms with van der Waals surface area (Å²) in [5.74, 6) is -0.332. The Morgan fingerprint density at radius 1 is 1.00 bits per heavy atom. The maximum Gasteiger partial charge on any atom is 0.156 e. The van der Waals surface area contributed by atoms with Gasteiger partial charge in [0, 0.05) is 11.1 Å². The van der Waals surface area contributed by atoms with Gasteiger partial charge in [-0.1, -0.05) is 11.6 Å². The number of halogens is 2. The molecule has 0 N–H and O–H groups in total. The van der Waals surface area contributed by atoms with Crippen molar-refractivity contribution in [2.45, 2.75) is 0 Å². The maximum absolute atomic E-state index is 12.9. The zero-order valence-electron chi connectivity index (χ0n) is 10.2. The number of hydrogen-bond donors (Lipinski definition) is 0. The van der Waals surface area contributed by atoms with Gasteiger partial charge >= 0.3 is 0 Å². The second kappa shape index (κ2) is 4.98. The fourth-order valence-electron chi connectivity index (χ4n) is 1.91. The number of carbonyl (C=O) groups excluding carboxylic acids is 1. The molecule has 0 spiro atoms. The number of aromatic nitrogens is 2. The van der Waals surface area contributed by atoms with Crippen LogP contribution in [0.4, 0.5) is 4.39 Å². The predicted octanol–water partition coefficient (Wildman–Crippen LogP) is 3.90. The Bertz CT molecular complexity index is 803. The summed E-state index contributed by atoms with van der Waals surface area (Å²) in [6.07, 6.45) is 0.743. The first-order chi connectivity index (χ1) is 9.67. The Hall–Kier alpha value is -2.33. The minimum atomic E-state index is -0.332. The van der Waals surface area contributed by atoms with Crippen molar-refractivity contribution in [1.29, 1.82) is 0 Å². The zero-order valence-corrected chi connectivity index (χ0v) is 10.9. The molecule has 1 aromatic heterocycles. The van der Waals surface area contributed by atoms with Gasteiger partial charge in [0.25, 0.3) is 0 Å². The van der Waals surface area contributed by atoms with Crippen molar-refractivity contribution in [3.63, 3.8) is 0 Å². The molecule has 0 bridgehead atoms. The highest BCUT2D eigenvalue weighted by atomic mass is 35.5. The summed E-state index contributed by atoms with van der Waals surface area (Å²) in [7, 11) is 0. The van der Waals surface area contributed by atoms with E-state index < -0.39 is 0 Å². The monoisotopic (exact) mass is 286 g/mol. The van der Waals surface area contributed by atoms with Gasteiger partial charge < -0.3 is 0 Å². The van der Waals surface area contributed by atoms with Gasteiger partial charge in [0.2, 0.25) is 0 Å². The lowest BCUT2D eigenvalue weighted by Crippen LogP contribution is -1.92. The van der Waals surface area contributed by atoms with Crippen LogP contribution in [0.5, 0.6) is 0 Å². The number of rotatable bonds is 2. The average molecular weight is 287 g/mol. The van der Waals surface area contributed by atoms with Crippen LogP contribution in [-0.4, -0.2) is 16.3 Å². The molecule has 3 aromatic rings.